The van der Waals surface area contributed by atoms with Gasteiger partial charge in [0.15, 0.2) is 11.5 Å². The molecule has 0 bridgehead atoms. The number of nitrogens with two attached hydrogens (primary N) is 1. The third-order valence-electron chi connectivity index (χ3n) is 5.67. The van der Waals surface area contributed by atoms with Crippen LogP contribution in [0.3, 0.4) is 0 Å². The van der Waals surface area contributed by atoms with Crippen LogP contribution in [0, 0.1) is 5.41 Å². The van der Waals surface area contributed by atoms with E-state index in [2.05, 4.69) is 12.2 Å². The first-order chi connectivity index (χ1) is 12.8. The lowest BCUT2D eigenvalue weighted by molar-refractivity contribution is -0.170. The van der Waals surface area contributed by atoms with E-state index >= 15 is 0 Å². The summed E-state index contributed by atoms with van der Waals surface area (Å²) in [6, 6.07) is 5.70. The van der Waals surface area contributed by atoms with Gasteiger partial charge < -0.3 is 25.3 Å². The van der Waals surface area contributed by atoms with Gasteiger partial charge in [0.05, 0.1) is 19.8 Å². The van der Waals surface area contributed by atoms with Gasteiger partial charge in [-0.15, -0.1) is 12.4 Å². The van der Waals surface area contributed by atoms with Crippen molar-refractivity contribution in [2.45, 2.75) is 65.1 Å². The van der Waals surface area contributed by atoms with E-state index in [0.29, 0.717) is 31.9 Å². The number of benzene rings is 1. The number of unbranched alkanes of at least 4 members (excludes halogenated alkanes) is 1. The number of carbonyl (C=O) groups excluding carboxylic acids is 1. The van der Waals surface area contributed by atoms with Crippen LogP contribution in [0.1, 0.15) is 52.5 Å². The molecule has 0 aliphatic heterocycles. The Morgan fingerprint density at radius 3 is 2.57 bits per heavy atom. The Hall–Kier alpha value is -1.50. The third kappa shape index (κ3) is 4.91. The number of hydrogen-bond donors (Lipinski definition) is 2. The smallest absolute Gasteiger partial charge is 0.241 e. The van der Waals surface area contributed by atoms with Crippen LogP contribution in [-0.4, -0.2) is 37.9 Å². The lowest BCUT2D eigenvalue weighted by atomic mass is 9.54. The van der Waals surface area contributed by atoms with Crippen LogP contribution in [0.4, 0.5) is 0 Å². The number of carbonyl (C=O) groups is 1. The molecule has 0 aromatic heterocycles. The van der Waals surface area contributed by atoms with Crippen molar-refractivity contribution in [3.8, 4) is 11.5 Å². The van der Waals surface area contributed by atoms with Gasteiger partial charge in [0.25, 0.3) is 0 Å². The SMILES string of the molecule is CCCCOc1ccc(CNC(=O)C2(N)CC(OCC)C2(C)C)cc1OC.Cl. The number of amides is 1. The Balaban J connectivity index is 0.00000392. The predicted molar refractivity (Wildman–Crippen MR) is 113 cm³/mol. The highest BCUT2D eigenvalue weighted by molar-refractivity contribution is 5.88. The number of rotatable bonds is 10. The van der Waals surface area contributed by atoms with Crippen molar-refractivity contribution in [3.63, 3.8) is 0 Å². The van der Waals surface area contributed by atoms with Gasteiger partial charge in [-0.25, -0.2) is 0 Å². The third-order valence-corrected chi connectivity index (χ3v) is 5.67. The molecule has 1 fully saturated rings. The van der Waals surface area contributed by atoms with Crippen molar-refractivity contribution in [3.05, 3.63) is 23.8 Å². The highest BCUT2D eigenvalue weighted by atomic mass is 35.5. The van der Waals surface area contributed by atoms with Crippen LogP contribution >= 0.6 is 12.4 Å². The van der Waals surface area contributed by atoms with E-state index in [1.165, 1.54) is 0 Å². The molecule has 2 atom stereocenters. The van der Waals surface area contributed by atoms with E-state index < -0.39 is 11.0 Å². The molecule has 2 unspecified atom stereocenters. The highest BCUT2D eigenvalue weighted by Gasteiger charge is 2.62. The summed E-state index contributed by atoms with van der Waals surface area (Å²) in [6.07, 6.45) is 2.62. The molecular formula is C21H35ClN2O4. The normalized spacial score (nSPS) is 22.6. The number of hydrogen-bond acceptors (Lipinski definition) is 5. The molecule has 0 heterocycles. The first kappa shape index (κ1) is 24.5. The Morgan fingerprint density at radius 1 is 1.29 bits per heavy atom. The summed E-state index contributed by atoms with van der Waals surface area (Å²) in [4.78, 5) is 12.7. The second kappa shape index (κ2) is 10.3. The summed E-state index contributed by atoms with van der Waals surface area (Å²) in [5, 5.41) is 2.97. The fourth-order valence-corrected chi connectivity index (χ4v) is 3.43. The first-order valence-corrected chi connectivity index (χ1v) is 9.78. The summed E-state index contributed by atoms with van der Waals surface area (Å²) in [7, 11) is 1.62. The fourth-order valence-electron chi connectivity index (χ4n) is 3.43. The summed E-state index contributed by atoms with van der Waals surface area (Å²) < 4.78 is 16.9. The average molecular weight is 415 g/mol. The minimum atomic E-state index is -0.917. The number of nitrogens with one attached hydrogen (secondary N) is 1. The molecule has 1 amide bonds. The maximum atomic E-state index is 12.7. The van der Waals surface area contributed by atoms with Crippen molar-refractivity contribution >= 4 is 18.3 Å². The zero-order valence-corrected chi connectivity index (χ0v) is 18.5. The van der Waals surface area contributed by atoms with E-state index in [4.69, 9.17) is 19.9 Å². The molecule has 1 saturated carbocycles. The maximum Gasteiger partial charge on any atom is 0.241 e. The maximum absolute atomic E-state index is 12.7. The Bertz CT molecular complexity index is 653. The molecule has 1 aromatic rings. The second-order valence-electron chi connectivity index (χ2n) is 7.71. The van der Waals surface area contributed by atoms with E-state index in [9.17, 15) is 4.79 Å². The molecule has 1 aliphatic rings. The van der Waals surface area contributed by atoms with Crippen molar-refractivity contribution in [1.82, 2.24) is 5.32 Å². The molecule has 6 nitrogen and oxygen atoms in total. The molecule has 7 heteroatoms. The van der Waals surface area contributed by atoms with Crippen molar-refractivity contribution in [2.24, 2.45) is 11.1 Å². The van der Waals surface area contributed by atoms with Gasteiger partial charge in [0.1, 0.15) is 5.54 Å². The van der Waals surface area contributed by atoms with Gasteiger partial charge in [-0.3, -0.25) is 4.79 Å². The van der Waals surface area contributed by atoms with E-state index in [0.717, 1.165) is 24.2 Å². The average Bonchev–Trinajstić information content (AvgIpc) is 2.66. The van der Waals surface area contributed by atoms with Crippen molar-refractivity contribution in [1.29, 1.82) is 0 Å². The first-order valence-electron chi connectivity index (χ1n) is 9.78. The number of methoxy groups -OCH3 is 1. The molecule has 0 spiro atoms. The van der Waals surface area contributed by atoms with E-state index in [1.807, 2.05) is 39.0 Å². The van der Waals surface area contributed by atoms with E-state index in [1.54, 1.807) is 7.11 Å². The van der Waals surface area contributed by atoms with Gasteiger partial charge in [-0.1, -0.05) is 33.3 Å². The van der Waals surface area contributed by atoms with Gasteiger partial charge in [-0.2, -0.15) is 0 Å². The molecule has 28 heavy (non-hydrogen) atoms. The lowest BCUT2D eigenvalue weighted by Crippen LogP contribution is -2.75. The molecule has 160 valence electrons. The Kier molecular flexibility index (Phi) is 9.05. The summed E-state index contributed by atoms with van der Waals surface area (Å²) in [6.45, 7) is 9.72. The number of halogens is 1. The van der Waals surface area contributed by atoms with Crippen molar-refractivity contribution in [2.75, 3.05) is 20.3 Å². The minimum Gasteiger partial charge on any atom is -0.493 e. The van der Waals surface area contributed by atoms with Crippen molar-refractivity contribution < 1.29 is 19.0 Å². The van der Waals surface area contributed by atoms with Crippen LogP contribution in [0.15, 0.2) is 18.2 Å². The molecule has 2 rings (SSSR count). The van der Waals surface area contributed by atoms with Gasteiger partial charge >= 0.3 is 0 Å². The van der Waals surface area contributed by atoms with Gasteiger partial charge in [0.2, 0.25) is 5.91 Å². The lowest BCUT2D eigenvalue weighted by Gasteiger charge is -2.57. The molecule has 1 aromatic carbocycles. The van der Waals surface area contributed by atoms with Crippen LogP contribution in [0.25, 0.3) is 0 Å². The summed E-state index contributed by atoms with van der Waals surface area (Å²) >= 11 is 0. The Labute approximate surface area is 174 Å². The molecule has 0 saturated heterocycles. The number of ether oxygens (including phenoxy) is 3. The Morgan fingerprint density at radius 2 is 2.00 bits per heavy atom. The van der Waals surface area contributed by atoms with E-state index in [-0.39, 0.29) is 24.4 Å². The van der Waals surface area contributed by atoms with Crippen LogP contribution in [0.5, 0.6) is 11.5 Å². The quantitative estimate of drug-likeness (QED) is 0.573. The topological polar surface area (TPSA) is 82.8 Å². The summed E-state index contributed by atoms with van der Waals surface area (Å²) in [5.74, 6) is 1.24. The zero-order chi connectivity index (χ0) is 20.1. The van der Waals surface area contributed by atoms with Crippen LogP contribution < -0.4 is 20.5 Å². The van der Waals surface area contributed by atoms with Crippen LogP contribution in [-0.2, 0) is 16.1 Å². The van der Waals surface area contributed by atoms with Gasteiger partial charge in [-0.05, 0) is 31.0 Å². The second-order valence-corrected chi connectivity index (χ2v) is 7.71. The monoisotopic (exact) mass is 414 g/mol. The molecule has 1 aliphatic carbocycles. The largest absolute Gasteiger partial charge is 0.493 e. The zero-order valence-electron chi connectivity index (χ0n) is 17.7. The van der Waals surface area contributed by atoms with Crippen LogP contribution in [0.2, 0.25) is 0 Å². The minimum absolute atomic E-state index is 0. The predicted octanol–water partition coefficient (Wildman–Crippen LogP) is 3.44. The standard InChI is InChI=1S/C21H34N2O4.ClH/c1-6-8-11-27-16-10-9-15(12-17(16)25-5)14-23-19(24)21(22)13-18(26-7-2)20(21,3)4;/h9-10,12,18H,6-8,11,13-14,22H2,1-5H3,(H,23,24);1H. The highest BCUT2D eigenvalue weighted by Crippen LogP contribution is 2.49. The molecular weight excluding hydrogens is 380 g/mol. The molecule has 0 radical (unpaired) electrons. The molecule has 3 N–H and O–H groups in total. The fraction of sp³-hybridized carbons (Fsp3) is 0.667. The summed E-state index contributed by atoms with van der Waals surface area (Å²) in [5.41, 5.74) is 6.04. The van der Waals surface area contributed by atoms with Gasteiger partial charge in [0, 0.05) is 25.0 Å².